The van der Waals surface area contributed by atoms with Crippen LogP contribution in [0.4, 0.5) is 0 Å². The second kappa shape index (κ2) is 5.00. The molecule has 1 unspecified atom stereocenters. The lowest BCUT2D eigenvalue weighted by Gasteiger charge is -2.41. The fourth-order valence-corrected chi connectivity index (χ4v) is 2.88. The molecule has 9 heteroatoms. The van der Waals surface area contributed by atoms with Crippen LogP contribution in [0.5, 0.6) is 0 Å². The predicted octanol–water partition coefficient (Wildman–Crippen LogP) is -2.75. The van der Waals surface area contributed by atoms with Gasteiger partial charge in [-0.25, -0.2) is 0 Å². The van der Waals surface area contributed by atoms with Crippen LogP contribution in [0.15, 0.2) is 0 Å². The van der Waals surface area contributed by atoms with Crippen molar-refractivity contribution in [1.29, 1.82) is 0 Å². The number of hydrogen-bond donors (Lipinski definition) is 4. The first-order chi connectivity index (χ1) is 9.79. The molecular weight excluding hydrogens is 300 g/mol. The van der Waals surface area contributed by atoms with Gasteiger partial charge in [0.1, 0.15) is 0 Å². The summed E-state index contributed by atoms with van der Waals surface area (Å²) in [6.45, 7) is 1.58. The molecule has 1 aliphatic heterocycles. The Hall–Kier alpha value is -1.52. The molecule has 1 saturated heterocycles. The number of rotatable bonds is 5. The van der Waals surface area contributed by atoms with E-state index in [4.69, 9.17) is 4.74 Å². The molecule has 0 radical (unpaired) electrons. The Bertz CT molecular complexity index is 570. The van der Waals surface area contributed by atoms with Crippen molar-refractivity contribution in [1.82, 2.24) is 0 Å². The van der Waals surface area contributed by atoms with E-state index in [9.17, 15) is 39.6 Å². The van der Waals surface area contributed by atoms with Crippen LogP contribution in [0.2, 0.25) is 0 Å². The highest BCUT2D eigenvalue weighted by atomic mass is 16.7. The topological polar surface area (TPSA) is 158 Å². The van der Waals surface area contributed by atoms with E-state index in [1.807, 2.05) is 0 Å². The Labute approximate surface area is 125 Å². The van der Waals surface area contributed by atoms with E-state index in [1.54, 1.807) is 0 Å². The molecule has 1 fully saturated rings. The Morgan fingerprint density at radius 3 is 1.41 bits per heavy atom. The molecule has 0 aromatic rings. The highest BCUT2D eigenvalue weighted by Crippen LogP contribution is 2.53. The number of carbonyl (C=O) groups is 4. The average Bonchev–Trinajstić information content (AvgIpc) is 2.57. The lowest BCUT2D eigenvalue weighted by atomic mass is 9.65. The molecule has 124 valence electrons. The summed E-state index contributed by atoms with van der Waals surface area (Å²) in [4.78, 5) is 47.5. The average molecular weight is 318 g/mol. The van der Waals surface area contributed by atoms with Crippen LogP contribution in [0.1, 0.15) is 27.7 Å². The molecule has 1 aliphatic rings. The SMILES string of the molecule is CC(=O)C1(O)O[C@@](CO)(C(C)=O)[C@](O)(C(C)=O)[C@@]1(O)C(C)=O. The van der Waals surface area contributed by atoms with E-state index in [0.717, 1.165) is 20.8 Å². The van der Waals surface area contributed by atoms with Crippen LogP contribution in [0.25, 0.3) is 0 Å². The zero-order chi connectivity index (χ0) is 17.7. The molecule has 0 amide bonds. The number of carbonyl (C=O) groups excluding carboxylic acids is 4. The first-order valence-electron chi connectivity index (χ1n) is 6.32. The molecule has 0 aliphatic carbocycles. The normalized spacial score (nSPS) is 41.3. The summed E-state index contributed by atoms with van der Waals surface area (Å²) in [6, 6.07) is 0. The minimum atomic E-state index is -3.47. The first-order valence-corrected chi connectivity index (χ1v) is 6.32. The molecule has 0 aromatic heterocycles. The third-order valence-electron chi connectivity index (χ3n) is 4.21. The van der Waals surface area contributed by atoms with Crippen LogP contribution in [-0.2, 0) is 23.9 Å². The van der Waals surface area contributed by atoms with Crippen molar-refractivity contribution in [2.45, 2.75) is 50.3 Å². The van der Waals surface area contributed by atoms with Crippen molar-refractivity contribution in [2.75, 3.05) is 6.61 Å². The molecule has 0 spiro atoms. The summed E-state index contributed by atoms with van der Waals surface area (Å²) in [6.07, 6.45) is 0. The highest BCUT2D eigenvalue weighted by molar-refractivity contribution is 6.10. The summed E-state index contributed by atoms with van der Waals surface area (Å²) in [5.41, 5.74) is -9.70. The van der Waals surface area contributed by atoms with Crippen molar-refractivity contribution in [3.8, 4) is 0 Å². The maximum Gasteiger partial charge on any atom is 0.268 e. The van der Waals surface area contributed by atoms with Crippen LogP contribution in [-0.4, -0.2) is 72.8 Å². The van der Waals surface area contributed by atoms with Crippen LogP contribution in [0.3, 0.4) is 0 Å². The monoisotopic (exact) mass is 318 g/mol. The van der Waals surface area contributed by atoms with Gasteiger partial charge in [-0.05, 0) is 20.8 Å². The van der Waals surface area contributed by atoms with Crippen LogP contribution < -0.4 is 0 Å². The van der Waals surface area contributed by atoms with E-state index < -0.39 is 52.3 Å². The van der Waals surface area contributed by atoms with Gasteiger partial charge in [0, 0.05) is 6.92 Å². The Balaban J connectivity index is 3.99. The zero-order valence-electron chi connectivity index (χ0n) is 12.5. The number of Topliss-reactive ketones (excluding diaryl/α,β-unsaturated/α-hetero) is 4. The Morgan fingerprint density at radius 1 is 0.773 bits per heavy atom. The number of aliphatic hydroxyl groups is 4. The Morgan fingerprint density at radius 2 is 1.18 bits per heavy atom. The molecular formula is C13H18O9. The quantitative estimate of drug-likeness (QED) is 0.421. The minimum absolute atomic E-state index is 0.693. The second-order valence-corrected chi connectivity index (χ2v) is 5.38. The molecule has 1 rings (SSSR count). The van der Waals surface area contributed by atoms with E-state index in [2.05, 4.69) is 0 Å². The van der Waals surface area contributed by atoms with Crippen molar-refractivity contribution in [2.24, 2.45) is 0 Å². The molecule has 9 nitrogen and oxygen atoms in total. The largest absolute Gasteiger partial charge is 0.393 e. The van der Waals surface area contributed by atoms with Crippen molar-refractivity contribution < 1.29 is 44.3 Å². The maximum absolute atomic E-state index is 11.9. The van der Waals surface area contributed by atoms with Crippen molar-refractivity contribution in [3.05, 3.63) is 0 Å². The van der Waals surface area contributed by atoms with Gasteiger partial charge in [0.05, 0.1) is 6.61 Å². The van der Waals surface area contributed by atoms with E-state index in [-0.39, 0.29) is 0 Å². The van der Waals surface area contributed by atoms with E-state index in [1.165, 1.54) is 0 Å². The van der Waals surface area contributed by atoms with Gasteiger partial charge in [-0.15, -0.1) is 0 Å². The summed E-state index contributed by atoms with van der Waals surface area (Å²) in [5, 5.41) is 41.1. The van der Waals surface area contributed by atoms with Gasteiger partial charge < -0.3 is 25.2 Å². The van der Waals surface area contributed by atoms with E-state index in [0.29, 0.717) is 6.92 Å². The maximum atomic E-state index is 11.9. The number of aliphatic hydroxyl groups excluding tert-OH is 1. The fraction of sp³-hybridized carbons (Fsp3) is 0.692. The summed E-state index contributed by atoms with van der Waals surface area (Å²) < 4.78 is 4.83. The lowest BCUT2D eigenvalue weighted by molar-refractivity contribution is -0.256. The summed E-state index contributed by atoms with van der Waals surface area (Å²) >= 11 is 0. The molecule has 0 aromatic carbocycles. The van der Waals surface area contributed by atoms with Gasteiger partial charge in [-0.2, -0.15) is 0 Å². The lowest BCUT2D eigenvalue weighted by Crippen LogP contribution is -2.75. The molecule has 4 N–H and O–H groups in total. The first kappa shape index (κ1) is 18.5. The smallest absolute Gasteiger partial charge is 0.268 e. The van der Waals surface area contributed by atoms with Crippen molar-refractivity contribution >= 4 is 23.1 Å². The third-order valence-corrected chi connectivity index (χ3v) is 4.21. The van der Waals surface area contributed by atoms with Crippen LogP contribution in [0, 0.1) is 0 Å². The van der Waals surface area contributed by atoms with Gasteiger partial charge in [0.15, 0.2) is 28.7 Å². The van der Waals surface area contributed by atoms with Gasteiger partial charge in [-0.3, -0.25) is 19.2 Å². The van der Waals surface area contributed by atoms with Crippen LogP contribution >= 0.6 is 0 Å². The number of ether oxygens (including phenoxy) is 1. The summed E-state index contributed by atoms with van der Waals surface area (Å²) in [7, 11) is 0. The molecule has 1 heterocycles. The van der Waals surface area contributed by atoms with Gasteiger partial charge in [-0.1, -0.05) is 0 Å². The van der Waals surface area contributed by atoms with E-state index >= 15 is 0 Å². The zero-order valence-corrected chi connectivity index (χ0v) is 12.5. The minimum Gasteiger partial charge on any atom is -0.393 e. The predicted molar refractivity (Wildman–Crippen MR) is 68.5 cm³/mol. The Kier molecular flexibility index (Phi) is 4.21. The molecule has 4 atom stereocenters. The molecule has 22 heavy (non-hydrogen) atoms. The fourth-order valence-electron chi connectivity index (χ4n) is 2.88. The highest BCUT2D eigenvalue weighted by Gasteiger charge is 2.86. The number of hydrogen-bond acceptors (Lipinski definition) is 9. The molecule has 0 bridgehead atoms. The second-order valence-electron chi connectivity index (χ2n) is 5.38. The standard InChI is InChI=1S/C13H18O9/c1-6(15)10(5-14)11(19,7(2)16)12(20,8(3)17)13(21,22-10)9(4)18/h14,19-21H,5H2,1-4H3/t10-,11+,12-,13?/m0/s1. The van der Waals surface area contributed by atoms with Crippen molar-refractivity contribution in [3.63, 3.8) is 0 Å². The molecule has 0 saturated carbocycles. The summed E-state index contributed by atoms with van der Waals surface area (Å²) in [5.74, 6) is -8.61. The third kappa shape index (κ3) is 1.65. The van der Waals surface area contributed by atoms with Gasteiger partial charge >= 0.3 is 0 Å². The van der Waals surface area contributed by atoms with Gasteiger partial charge in [0.2, 0.25) is 11.2 Å². The number of ketones is 4. The van der Waals surface area contributed by atoms with Gasteiger partial charge in [0.25, 0.3) is 5.79 Å².